The summed E-state index contributed by atoms with van der Waals surface area (Å²) >= 11 is 0. The van der Waals surface area contributed by atoms with Gasteiger partial charge in [-0.3, -0.25) is 0 Å². The van der Waals surface area contributed by atoms with Gasteiger partial charge >= 0.3 is 0 Å². The van der Waals surface area contributed by atoms with Crippen molar-refractivity contribution < 1.29 is 0 Å². The molecule has 25 aliphatic carbocycles. The molecule has 0 radical (unpaired) electrons. The minimum atomic E-state index is 1.32. The topological polar surface area (TPSA) is 0 Å². The summed E-state index contributed by atoms with van der Waals surface area (Å²) in [5, 5.41) is 0. The molecule has 25 rings (SSSR count). The zero-order valence-electron chi connectivity index (χ0n) is 74.2. The van der Waals surface area contributed by atoms with Crippen LogP contribution in [0.25, 0.3) is 0 Å². The van der Waals surface area contributed by atoms with Crippen molar-refractivity contribution in [1.29, 1.82) is 0 Å². The van der Waals surface area contributed by atoms with Gasteiger partial charge in [0.05, 0.1) is 0 Å². The minimum Gasteiger partial charge on any atom is -0.0882 e. The fraction of sp³-hybridized carbons (Fsp3) is 0.962. The van der Waals surface area contributed by atoms with Crippen LogP contribution in [0, 0.1) is 0 Å². The highest BCUT2D eigenvalue weighted by Gasteiger charge is 2.04. The van der Waals surface area contributed by atoms with E-state index in [1.807, 2.05) is 27.7 Å². The van der Waals surface area contributed by atoms with Crippen molar-refractivity contribution in [2.24, 2.45) is 0 Å². The van der Waals surface area contributed by atoms with Gasteiger partial charge < -0.3 is 0 Å². The van der Waals surface area contributed by atoms with Crippen LogP contribution < -0.4 is 0 Å². The Labute approximate surface area is 664 Å². The summed E-state index contributed by atoms with van der Waals surface area (Å²) in [6.45, 7) is 8.00. The van der Waals surface area contributed by atoms with E-state index in [9.17, 15) is 0 Å². The van der Waals surface area contributed by atoms with E-state index in [0.29, 0.717) is 0 Å². The number of allylic oxidation sites excluding steroid dienone is 4. The van der Waals surface area contributed by atoms with Crippen molar-refractivity contribution in [3.8, 4) is 0 Å². The fourth-order valence-corrected chi connectivity index (χ4v) is 6.08. The Bertz CT molecular complexity index is 792. The quantitative estimate of drug-likeness (QED) is 0.212. The van der Waals surface area contributed by atoms with Gasteiger partial charge in [0.1, 0.15) is 0 Å². The van der Waals surface area contributed by atoms with Gasteiger partial charge in [0, 0.05) is 0 Å². The lowest BCUT2D eigenvalue weighted by molar-refractivity contribution is 0.504. The average Bonchev–Trinajstić information content (AvgIpc) is 3.12. The van der Waals surface area contributed by atoms with Crippen molar-refractivity contribution in [1.82, 2.24) is 0 Å². The van der Waals surface area contributed by atoms with E-state index < -0.39 is 0 Å². The standard InChI is InChI=1S/23C4H8.2C4H6.2C2H6/c25*1-2-4-3-1;2*1-2/h23*1-4H2;2*1-2H,3-4H2;2*1-2H3. The van der Waals surface area contributed by atoms with Crippen LogP contribution in [0.2, 0.25) is 0 Å². The molecular weight excluding hydrogens is 1250 g/mol. The smallest absolute Gasteiger partial charge is 0.0316 e. The number of hydrogen-bond acceptors (Lipinski definition) is 0. The molecule has 0 heteroatoms. The molecule has 0 aliphatic heterocycles. The second kappa shape index (κ2) is 107. The van der Waals surface area contributed by atoms with E-state index in [-0.39, 0.29) is 0 Å². The van der Waals surface area contributed by atoms with Crippen LogP contribution in [-0.2, 0) is 0 Å². The summed E-state index contributed by atoms with van der Waals surface area (Å²) in [7, 11) is 0. The van der Waals surface area contributed by atoms with Gasteiger partial charge in [0.15, 0.2) is 0 Å². The van der Waals surface area contributed by atoms with Crippen molar-refractivity contribution in [2.45, 2.75) is 644 Å². The lowest BCUT2D eigenvalue weighted by atomic mass is 10.0. The maximum Gasteiger partial charge on any atom is -0.0316 e. The average molecular weight is 1460 g/mol. The summed E-state index contributed by atoms with van der Waals surface area (Å²) in [5.74, 6) is 0. The van der Waals surface area contributed by atoms with Crippen molar-refractivity contribution in [2.75, 3.05) is 0 Å². The second-order valence-electron chi connectivity index (χ2n) is 34.6. The Morgan fingerprint density at radius 2 is 0.0865 bits per heavy atom. The number of hydrogen-bond donors (Lipinski definition) is 0. The first-order chi connectivity index (χ1) is 52.0. The van der Waals surface area contributed by atoms with E-state index in [4.69, 9.17) is 0 Å². The highest BCUT2D eigenvalue weighted by Crippen LogP contribution is 2.24. The van der Waals surface area contributed by atoms with Crippen LogP contribution in [-0.4, -0.2) is 0 Å². The van der Waals surface area contributed by atoms with Crippen LogP contribution in [0.3, 0.4) is 0 Å². The van der Waals surface area contributed by atoms with E-state index in [1.54, 1.807) is 0 Å². The van der Waals surface area contributed by atoms with Crippen LogP contribution in [0.1, 0.15) is 644 Å². The summed E-state index contributed by atoms with van der Waals surface area (Å²) in [4.78, 5) is 0. The molecule has 23 saturated carbocycles. The predicted molar refractivity (Wildman–Crippen MR) is 484 cm³/mol. The van der Waals surface area contributed by atoms with E-state index in [2.05, 4.69) is 24.3 Å². The Morgan fingerprint density at radius 3 is 0.0865 bits per heavy atom. The first-order valence-electron chi connectivity index (χ1n) is 51.3. The third-order valence-corrected chi connectivity index (χ3v) is 24.3. The minimum absolute atomic E-state index is 1.32. The normalized spacial score (nSPS) is 22.9. The van der Waals surface area contributed by atoms with E-state index in [0.717, 1.165) is 0 Å². The molecular formula is C104H208. The molecule has 0 spiro atoms. The molecule has 25 aliphatic rings. The molecule has 0 aromatic rings. The lowest BCUT2D eigenvalue weighted by Gasteiger charge is -2.05. The second-order valence-corrected chi connectivity index (χ2v) is 34.6. The molecule has 0 atom stereocenters. The maximum atomic E-state index is 2.18. The summed E-state index contributed by atoms with van der Waals surface area (Å²) in [5.41, 5.74) is 0. The third kappa shape index (κ3) is 104. The van der Waals surface area contributed by atoms with Crippen molar-refractivity contribution in [3.05, 3.63) is 24.3 Å². The van der Waals surface area contributed by atoms with Crippen molar-refractivity contribution >= 4 is 0 Å². The zero-order chi connectivity index (χ0) is 74.7. The molecule has 0 saturated heterocycles. The molecule has 104 heavy (non-hydrogen) atoms. The van der Waals surface area contributed by atoms with Gasteiger partial charge in [-0.15, -0.1) is 0 Å². The molecule has 0 amide bonds. The van der Waals surface area contributed by atoms with Gasteiger partial charge in [-0.2, -0.15) is 0 Å². The molecule has 0 bridgehead atoms. The van der Waals surface area contributed by atoms with Crippen LogP contribution in [0.4, 0.5) is 0 Å². The Balaban J connectivity index is 0. The first-order valence-corrected chi connectivity index (χ1v) is 51.3. The molecule has 0 unspecified atom stereocenters. The Kier molecular flexibility index (Phi) is 108. The van der Waals surface area contributed by atoms with Gasteiger partial charge in [-0.05, 0) is 25.7 Å². The highest BCUT2D eigenvalue weighted by atomic mass is 14.1. The monoisotopic (exact) mass is 1460 g/mol. The van der Waals surface area contributed by atoms with Crippen molar-refractivity contribution in [3.63, 3.8) is 0 Å². The molecule has 0 N–H and O–H groups in total. The SMILES string of the molecule is C1=CCC1.C1=CCC1.C1CCC1.C1CCC1.C1CCC1.C1CCC1.C1CCC1.C1CCC1.C1CCC1.C1CCC1.C1CCC1.C1CCC1.C1CCC1.C1CCC1.C1CCC1.C1CCC1.C1CCC1.C1CCC1.C1CCC1.C1CCC1.C1CCC1.C1CCC1.C1CCC1.C1CCC1.C1CCC1.CC.CC. The molecule has 0 aromatic carbocycles. The van der Waals surface area contributed by atoms with Gasteiger partial charge in [-0.25, -0.2) is 0 Å². The van der Waals surface area contributed by atoms with E-state index >= 15 is 0 Å². The molecule has 0 nitrogen and oxygen atoms in total. The largest absolute Gasteiger partial charge is 0.0882 e. The van der Waals surface area contributed by atoms with Crippen LogP contribution >= 0.6 is 0 Å². The van der Waals surface area contributed by atoms with E-state index in [1.165, 1.54) is 616 Å². The predicted octanol–water partition coefficient (Wildman–Crippen LogP) is 40.6. The highest BCUT2D eigenvalue weighted by molar-refractivity contribution is 4.93. The number of rotatable bonds is 0. The molecule has 23 fully saturated rings. The molecule has 0 heterocycles. The molecule has 624 valence electrons. The maximum absolute atomic E-state index is 2.18. The van der Waals surface area contributed by atoms with Gasteiger partial charge in [-0.1, -0.05) is 643 Å². The van der Waals surface area contributed by atoms with Crippen LogP contribution in [0.5, 0.6) is 0 Å². The van der Waals surface area contributed by atoms with Gasteiger partial charge in [0.2, 0.25) is 0 Å². The first kappa shape index (κ1) is 106. The van der Waals surface area contributed by atoms with Crippen LogP contribution in [0.15, 0.2) is 24.3 Å². The molecule has 0 aromatic heterocycles. The lowest BCUT2D eigenvalue weighted by Crippen LogP contribution is -1.85. The zero-order valence-corrected chi connectivity index (χ0v) is 74.2. The summed E-state index contributed by atoms with van der Waals surface area (Å²) in [6, 6.07) is 0. The third-order valence-electron chi connectivity index (χ3n) is 24.3. The summed E-state index contributed by atoms with van der Waals surface area (Å²) in [6.07, 6.45) is 152. The summed E-state index contributed by atoms with van der Waals surface area (Å²) < 4.78 is 0. The van der Waals surface area contributed by atoms with Gasteiger partial charge in [0.25, 0.3) is 0 Å². The Morgan fingerprint density at radius 1 is 0.0673 bits per heavy atom. The Hall–Kier alpha value is -0.520. The fourth-order valence-electron chi connectivity index (χ4n) is 6.08.